The molecule has 0 fully saturated rings. The van der Waals surface area contributed by atoms with E-state index in [9.17, 15) is 9.18 Å². The summed E-state index contributed by atoms with van der Waals surface area (Å²) in [5.41, 5.74) is 2.43. The van der Waals surface area contributed by atoms with Gasteiger partial charge in [-0.3, -0.25) is 4.79 Å². The maximum atomic E-state index is 13.8. The van der Waals surface area contributed by atoms with E-state index in [1.807, 2.05) is 6.07 Å². The van der Waals surface area contributed by atoms with Crippen LogP contribution in [0.3, 0.4) is 0 Å². The predicted octanol–water partition coefficient (Wildman–Crippen LogP) is 2.33. The van der Waals surface area contributed by atoms with E-state index in [0.717, 1.165) is 30.4 Å². The van der Waals surface area contributed by atoms with Gasteiger partial charge in [0.25, 0.3) is 0 Å². The summed E-state index contributed by atoms with van der Waals surface area (Å²) in [5, 5.41) is 8.54. The Hall–Kier alpha value is -1.38. The summed E-state index contributed by atoms with van der Waals surface area (Å²) in [4.78, 5) is 10.4. The summed E-state index contributed by atoms with van der Waals surface area (Å²) >= 11 is 0. The molecule has 0 saturated heterocycles. The van der Waals surface area contributed by atoms with Crippen molar-refractivity contribution >= 4 is 5.97 Å². The second-order valence-corrected chi connectivity index (χ2v) is 3.92. The van der Waals surface area contributed by atoms with E-state index in [-0.39, 0.29) is 18.7 Å². The molecule has 0 aromatic heterocycles. The molecule has 0 heterocycles. The minimum absolute atomic E-state index is 0.00426. The van der Waals surface area contributed by atoms with Crippen molar-refractivity contribution in [1.29, 1.82) is 0 Å². The third-order valence-electron chi connectivity index (χ3n) is 2.90. The van der Waals surface area contributed by atoms with Gasteiger partial charge in [-0.05, 0) is 42.4 Å². The third kappa shape index (κ3) is 2.01. The molecule has 80 valence electrons. The van der Waals surface area contributed by atoms with Crippen LogP contribution < -0.4 is 0 Å². The summed E-state index contributed by atoms with van der Waals surface area (Å²) < 4.78 is 13.8. The Morgan fingerprint density at radius 1 is 1.40 bits per heavy atom. The fourth-order valence-electron chi connectivity index (χ4n) is 2.10. The molecule has 3 heteroatoms. The molecule has 1 aliphatic rings. The van der Waals surface area contributed by atoms with E-state index >= 15 is 0 Å². The fraction of sp³-hybridized carbons (Fsp3) is 0.417. The van der Waals surface area contributed by atoms with Crippen molar-refractivity contribution in [2.75, 3.05) is 0 Å². The maximum absolute atomic E-state index is 13.8. The maximum Gasteiger partial charge on any atom is 0.303 e. The SMILES string of the molecule is O=C(O)CCc1ccc2c(c1F)CCC2. The molecule has 2 rings (SSSR count). The highest BCUT2D eigenvalue weighted by Crippen LogP contribution is 2.27. The van der Waals surface area contributed by atoms with Gasteiger partial charge in [0.05, 0.1) is 0 Å². The molecule has 1 aliphatic carbocycles. The van der Waals surface area contributed by atoms with Crippen LogP contribution in [0.2, 0.25) is 0 Å². The lowest BCUT2D eigenvalue weighted by Gasteiger charge is -2.06. The van der Waals surface area contributed by atoms with Crippen LogP contribution in [0.1, 0.15) is 29.5 Å². The molecule has 0 unspecified atom stereocenters. The average Bonchev–Trinajstić information content (AvgIpc) is 2.65. The number of aryl methyl sites for hydroxylation is 2. The zero-order valence-corrected chi connectivity index (χ0v) is 8.42. The summed E-state index contributed by atoms with van der Waals surface area (Å²) in [5.74, 6) is -1.05. The number of fused-ring (bicyclic) bond motifs is 1. The van der Waals surface area contributed by atoms with Crippen molar-refractivity contribution < 1.29 is 14.3 Å². The molecule has 0 spiro atoms. The molecule has 0 atom stereocenters. The molecule has 15 heavy (non-hydrogen) atoms. The molecule has 0 bridgehead atoms. The van der Waals surface area contributed by atoms with Crippen LogP contribution in [0.15, 0.2) is 12.1 Å². The minimum Gasteiger partial charge on any atom is -0.481 e. The number of benzene rings is 1. The van der Waals surface area contributed by atoms with Gasteiger partial charge in [0.15, 0.2) is 0 Å². The van der Waals surface area contributed by atoms with Crippen LogP contribution in [-0.4, -0.2) is 11.1 Å². The highest BCUT2D eigenvalue weighted by atomic mass is 19.1. The highest BCUT2D eigenvalue weighted by Gasteiger charge is 2.17. The first-order chi connectivity index (χ1) is 7.18. The highest BCUT2D eigenvalue weighted by molar-refractivity contribution is 5.67. The standard InChI is InChI=1S/C12H13FO2/c13-12-9(6-7-11(14)15)5-4-8-2-1-3-10(8)12/h4-5H,1-3,6-7H2,(H,14,15). The first-order valence-corrected chi connectivity index (χ1v) is 5.19. The summed E-state index contributed by atoms with van der Waals surface area (Å²) in [6, 6.07) is 3.66. The van der Waals surface area contributed by atoms with Gasteiger partial charge in [0.1, 0.15) is 5.82 Å². The Morgan fingerprint density at radius 2 is 2.20 bits per heavy atom. The van der Waals surface area contributed by atoms with Gasteiger partial charge in [-0.2, -0.15) is 0 Å². The Morgan fingerprint density at radius 3 is 2.93 bits per heavy atom. The van der Waals surface area contributed by atoms with Gasteiger partial charge in [0, 0.05) is 6.42 Å². The summed E-state index contributed by atoms with van der Waals surface area (Å²) in [6.45, 7) is 0. The first-order valence-electron chi connectivity index (χ1n) is 5.19. The van der Waals surface area contributed by atoms with E-state index in [0.29, 0.717) is 5.56 Å². The van der Waals surface area contributed by atoms with Crippen molar-refractivity contribution in [2.24, 2.45) is 0 Å². The van der Waals surface area contributed by atoms with Gasteiger partial charge < -0.3 is 5.11 Å². The third-order valence-corrected chi connectivity index (χ3v) is 2.90. The topological polar surface area (TPSA) is 37.3 Å². The Bertz CT molecular complexity index is 399. The average molecular weight is 208 g/mol. The van der Waals surface area contributed by atoms with Crippen LogP contribution in [0.5, 0.6) is 0 Å². The van der Waals surface area contributed by atoms with Crippen molar-refractivity contribution in [2.45, 2.75) is 32.1 Å². The lowest BCUT2D eigenvalue weighted by molar-refractivity contribution is -0.136. The number of carbonyl (C=O) groups is 1. The molecular weight excluding hydrogens is 195 g/mol. The monoisotopic (exact) mass is 208 g/mol. The molecule has 2 nitrogen and oxygen atoms in total. The second-order valence-electron chi connectivity index (χ2n) is 3.92. The normalized spacial score (nSPS) is 13.9. The van der Waals surface area contributed by atoms with Crippen molar-refractivity contribution in [3.63, 3.8) is 0 Å². The minimum atomic E-state index is -0.880. The van der Waals surface area contributed by atoms with E-state index in [4.69, 9.17) is 5.11 Å². The smallest absolute Gasteiger partial charge is 0.303 e. The van der Waals surface area contributed by atoms with Gasteiger partial charge >= 0.3 is 5.97 Å². The summed E-state index contributed by atoms with van der Waals surface area (Å²) in [7, 11) is 0. The lowest BCUT2D eigenvalue weighted by atomic mass is 10.0. The molecule has 0 amide bonds. The zero-order chi connectivity index (χ0) is 10.8. The van der Waals surface area contributed by atoms with E-state index in [1.54, 1.807) is 6.07 Å². The molecule has 0 aliphatic heterocycles. The van der Waals surface area contributed by atoms with Crippen molar-refractivity contribution in [3.8, 4) is 0 Å². The van der Waals surface area contributed by atoms with Crippen LogP contribution in [0.4, 0.5) is 4.39 Å². The van der Waals surface area contributed by atoms with Gasteiger partial charge in [-0.1, -0.05) is 12.1 Å². The zero-order valence-electron chi connectivity index (χ0n) is 8.42. The van der Waals surface area contributed by atoms with Gasteiger partial charge in [0.2, 0.25) is 0 Å². The quantitative estimate of drug-likeness (QED) is 0.827. The Labute approximate surface area is 87.7 Å². The van der Waals surface area contributed by atoms with E-state index in [2.05, 4.69) is 0 Å². The van der Waals surface area contributed by atoms with E-state index < -0.39 is 5.97 Å². The van der Waals surface area contributed by atoms with Crippen LogP contribution in [-0.2, 0) is 24.1 Å². The number of rotatable bonds is 3. The predicted molar refractivity (Wildman–Crippen MR) is 54.4 cm³/mol. The summed E-state index contributed by atoms with van der Waals surface area (Å²) in [6.07, 6.45) is 3.03. The van der Waals surface area contributed by atoms with Crippen molar-refractivity contribution in [3.05, 3.63) is 34.6 Å². The number of carboxylic acids is 1. The van der Waals surface area contributed by atoms with Crippen molar-refractivity contribution in [1.82, 2.24) is 0 Å². The number of carboxylic acid groups (broad SMARTS) is 1. The molecule has 0 radical (unpaired) electrons. The first kappa shape index (κ1) is 10.1. The van der Waals surface area contributed by atoms with E-state index in [1.165, 1.54) is 0 Å². The Kier molecular flexibility index (Phi) is 2.71. The fourth-order valence-corrected chi connectivity index (χ4v) is 2.10. The number of hydrogen-bond acceptors (Lipinski definition) is 1. The van der Waals surface area contributed by atoms with Crippen LogP contribution >= 0.6 is 0 Å². The van der Waals surface area contributed by atoms with Crippen LogP contribution in [0, 0.1) is 5.82 Å². The van der Waals surface area contributed by atoms with Gasteiger partial charge in [-0.25, -0.2) is 4.39 Å². The molecule has 0 saturated carbocycles. The number of hydrogen-bond donors (Lipinski definition) is 1. The Balaban J connectivity index is 2.22. The number of aliphatic carboxylic acids is 1. The molecular formula is C12H13FO2. The second kappa shape index (κ2) is 4.01. The largest absolute Gasteiger partial charge is 0.481 e. The lowest BCUT2D eigenvalue weighted by Crippen LogP contribution is -2.01. The molecule has 1 aromatic rings. The van der Waals surface area contributed by atoms with Crippen LogP contribution in [0.25, 0.3) is 0 Å². The number of halogens is 1. The molecule has 1 aromatic carbocycles. The molecule has 1 N–H and O–H groups in total. The van der Waals surface area contributed by atoms with Gasteiger partial charge in [-0.15, -0.1) is 0 Å².